The van der Waals surface area contributed by atoms with Crippen LogP contribution in [0.2, 0.25) is 10.0 Å². The SMILES string of the molecule is COc1cccc(OC)c1-c1onc(-c2cccc(Cl)c2Cl)c1CO. The number of ether oxygens (including phenoxy) is 2. The number of aromatic nitrogens is 1. The Hall–Kier alpha value is -2.21. The highest BCUT2D eigenvalue weighted by molar-refractivity contribution is 6.43. The molecule has 0 aliphatic carbocycles. The Balaban J connectivity index is 2.25. The summed E-state index contributed by atoms with van der Waals surface area (Å²) in [4.78, 5) is 0. The van der Waals surface area contributed by atoms with Crippen LogP contribution in [0.25, 0.3) is 22.6 Å². The van der Waals surface area contributed by atoms with E-state index >= 15 is 0 Å². The molecule has 3 aromatic rings. The Morgan fingerprint density at radius 3 is 2.28 bits per heavy atom. The van der Waals surface area contributed by atoms with Crippen LogP contribution in [0.4, 0.5) is 0 Å². The summed E-state index contributed by atoms with van der Waals surface area (Å²) < 4.78 is 16.3. The fourth-order valence-corrected chi connectivity index (χ4v) is 3.02. The van der Waals surface area contributed by atoms with Crippen molar-refractivity contribution in [3.63, 3.8) is 0 Å². The van der Waals surface area contributed by atoms with Gasteiger partial charge < -0.3 is 19.1 Å². The molecule has 25 heavy (non-hydrogen) atoms. The van der Waals surface area contributed by atoms with E-state index in [2.05, 4.69) is 5.16 Å². The summed E-state index contributed by atoms with van der Waals surface area (Å²) in [5, 5.41) is 14.8. The van der Waals surface area contributed by atoms with Crippen molar-refractivity contribution in [2.24, 2.45) is 0 Å². The molecular weight excluding hydrogens is 365 g/mol. The van der Waals surface area contributed by atoms with Crippen LogP contribution in [-0.4, -0.2) is 24.5 Å². The lowest BCUT2D eigenvalue weighted by Gasteiger charge is -2.11. The van der Waals surface area contributed by atoms with Gasteiger partial charge in [0, 0.05) is 5.56 Å². The first-order valence-corrected chi connectivity index (χ1v) is 8.13. The van der Waals surface area contributed by atoms with Gasteiger partial charge in [0.15, 0.2) is 5.76 Å². The average Bonchev–Trinajstić information content (AvgIpc) is 3.06. The summed E-state index contributed by atoms with van der Waals surface area (Å²) in [5.74, 6) is 1.42. The third-order valence-corrected chi connectivity index (χ3v) is 4.63. The quantitative estimate of drug-likeness (QED) is 0.687. The van der Waals surface area contributed by atoms with Crippen LogP contribution < -0.4 is 9.47 Å². The molecule has 3 rings (SSSR count). The van der Waals surface area contributed by atoms with Crippen molar-refractivity contribution in [1.82, 2.24) is 5.16 Å². The molecule has 1 heterocycles. The zero-order chi connectivity index (χ0) is 18.0. The number of halogens is 2. The van der Waals surface area contributed by atoms with Gasteiger partial charge in [-0.25, -0.2) is 0 Å². The predicted octanol–water partition coefficient (Wildman–Crippen LogP) is 4.82. The number of hydrogen-bond donors (Lipinski definition) is 1. The van der Waals surface area contributed by atoms with E-state index in [0.29, 0.717) is 49.7 Å². The van der Waals surface area contributed by atoms with E-state index in [9.17, 15) is 5.11 Å². The van der Waals surface area contributed by atoms with E-state index in [-0.39, 0.29) is 6.61 Å². The van der Waals surface area contributed by atoms with Crippen molar-refractivity contribution >= 4 is 23.2 Å². The Labute approximate surface area is 154 Å². The molecule has 0 atom stereocenters. The van der Waals surface area contributed by atoms with E-state index < -0.39 is 0 Å². The van der Waals surface area contributed by atoms with Gasteiger partial charge in [-0.3, -0.25) is 0 Å². The van der Waals surface area contributed by atoms with Crippen LogP contribution in [0.1, 0.15) is 5.56 Å². The number of aliphatic hydroxyl groups is 1. The van der Waals surface area contributed by atoms with Crippen LogP contribution in [0, 0.1) is 0 Å². The second kappa shape index (κ2) is 7.35. The van der Waals surface area contributed by atoms with E-state index in [1.54, 1.807) is 50.6 Å². The number of methoxy groups -OCH3 is 2. The molecule has 0 radical (unpaired) electrons. The second-order valence-electron chi connectivity index (χ2n) is 5.14. The van der Waals surface area contributed by atoms with Crippen molar-refractivity contribution in [3.8, 4) is 34.1 Å². The molecule has 0 spiro atoms. The Morgan fingerprint density at radius 1 is 1.04 bits per heavy atom. The summed E-state index contributed by atoms with van der Waals surface area (Å²) in [5.41, 5.74) is 2.01. The highest BCUT2D eigenvalue weighted by Crippen LogP contribution is 2.44. The van der Waals surface area contributed by atoms with Crippen molar-refractivity contribution in [1.29, 1.82) is 0 Å². The monoisotopic (exact) mass is 379 g/mol. The molecule has 2 aromatic carbocycles. The third kappa shape index (κ3) is 3.06. The summed E-state index contributed by atoms with van der Waals surface area (Å²) in [6, 6.07) is 10.5. The Kier molecular flexibility index (Phi) is 5.18. The van der Waals surface area contributed by atoms with Gasteiger partial charge in [0.25, 0.3) is 0 Å². The smallest absolute Gasteiger partial charge is 0.180 e. The largest absolute Gasteiger partial charge is 0.496 e. The molecule has 1 N–H and O–H groups in total. The van der Waals surface area contributed by atoms with Crippen LogP contribution in [0.3, 0.4) is 0 Å². The van der Waals surface area contributed by atoms with Crippen LogP contribution in [-0.2, 0) is 6.61 Å². The third-order valence-electron chi connectivity index (χ3n) is 3.81. The maximum absolute atomic E-state index is 9.94. The van der Waals surface area contributed by atoms with Crippen molar-refractivity contribution in [2.75, 3.05) is 14.2 Å². The standard InChI is InChI=1S/C18H15Cl2NO4/c1-23-13-7-4-8-14(24-2)15(13)18-11(9-22)17(21-25-18)10-5-3-6-12(19)16(10)20/h3-8,22H,9H2,1-2H3. The Morgan fingerprint density at radius 2 is 1.68 bits per heavy atom. The van der Waals surface area contributed by atoms with Crippen LogP contribution in [0.5, 0.6) is 11.5 Å². The normalized spacial score (nSPS) is 10.8. The van der Waals surface area contributed by atoms with E-state index in [1.807, 2.05) is 0 Å². The maximum Gasteiger partial charge on any atom is 0.180 e. The predicted molar refractivity (Wildman–Crippen MR) is 96.4 cm³/mol. The minimum absolute atomic E-state index is 0.307. The summed E-state index contributed by atoms with van der Waals surface area (Å²) in [6.07, 6.45) is 0. The topological polar surface area (TPSA) is 64.7 Å². The van der Waals surface area contributed by atoms with Gasteiger partial charge in [0.1, 0.15) is 22.8 Å². The first-order valence-electron chi connectivity index (χ1n) is 7.37. The number of nitrogens with zero attached hydrogens (tertiary/aromatic N) is 1. The number of benzene rings is 2. The summed E-state index contributed by atoms with van der Waals surface area (Å²) in [7, 11) is 3.09. The van der Waals surface area contributed by atoms with Gasteiger partial charge in [-0.1, -0.05) is 46.6 Å². The maximum atomic E-state index is 9.94. The first kappa shape index (κ1) is 17.6. The van der Waals surface area contributed by atoms with Crippen molar-refractivity contribution < 1.29 is 19.1 Å². The van der Waals surface area contributed by atoms with Gasteiger partial charge in [-0.2, -0.15) is 0 Å². The fraction of sp³-hybridized carbons (Fsp3) is 0.167. The van der Waals surface area contributed by atoms with Gasteiger partial charge in [-0.05, 0) is 18.2 Å². The molecule has 0 bridgehead atoms. The minimum atomic E-state index is -0.307. The molecule has 0 amide bonds. The molecule has 0 unspecified atom stereocenters. The lowest BCUT2D eigenvalue weighted by atomic mass is 10.0. The van der Waals surface area contributed by atoms with Crippen LogP contribution in [0.15, 0.2) is 40.9 Å². The highest BCUT2D eigenvalue weighted by Gasteiger charge is 2.25. The van der Waals surface area contributed by atoms with Gasteiger partial charge in [0.05, 0.1) is 36.4 Å². The average molecular weight is 380 g/mol. The molecule has 0 aliphatic rings. The number of aliphatic hydroxyl groups excluding tert-OH is 1. The lowest BCUT2D eigenvalue weighted by Crippen LogP contribution is -1.95. The highest BCUT2D eigenvalue weighted by atomic mass is 35.5. The van der Waals surface area contributed by atoms with Crippen LogP contribution >= 0.6 is 23.2 Å². The molecule has 0 fully saturated rings. The molecule has 0 aliphatic heterocycles. The van der Waals surface area contributed by atoms with Gasteiger partial charge >= 0.3 is 0 Å². The van der Waals surface area contributed by atoms with E-state index in [4.69, 9.17) is 37.2 Å². The zero-order valence-electron chi connectivity index (χ0n) is 13.5. The second-order valence-corrected chi connectivity index (χ2v) is 5.92. The van der Waals surface area contributed by atoms with Crippen molar-refractivity contribution in [2.45, 2.75) is 6.61 Å². The lowest BCUT2D eigenvalue weighted by molar-refractivity contribution is 0.281. The summed E-state index contributed by atoms with van der Waals surface area (Å²) >= 11 is 12.4. The fourth-order valence-electron chi connectivity index (χ4n) is 2.63. The molecule has 5 nitrogen and oxygen atoms in total. The van der Waals surface area contributed by atoms with Gasteiger partial charge in [-0.15, -0.1) is 0 Å². The molecule has 130 valence electrons. The number of rotatable bonds is 5. The zero-order valence-corrected chi connectivity index (χ0v) is 15.1. The minimum Gasteiger partial charge on any atom is -0.496 e. The number of hydrogen-bond acceptors (Lipinski definition) is 5. The van der Waals surface area contributed by atoms with Gasteiger partial charge in [0.2, 0.25) is 0 Å². The molecule has 7 heteroatoms. The molecule has 0 saturated heterocycles. The van der Waals surface area contributed by atoms with Crippen molar-refractivity contribution in [3.05, 3.63) is 52.0 Å². The molecule has 1 aromatic heterocycles. The summed E-state index contributed by atoms with van der Waals surface area (Å²) in [6.45, 7) is -0.307. The molecule has 0 saturated carbocycles. The molecular formula is C18H15Cl2NO4. The van der Waals surface area contributed by atoms with E-state index in [1.165, 1.54) is 0 Å². The van der Waals surface area contributed by atoms with E-state index in [0.717, 1.165) is 0 Å². The first-order chi connectivity index (χ1) is 12.1. The Bertz CT molecular complexity index is 886.